The second kappa shape index (κ2) is 13.0. The molecule has 0 unspecified atom stereocenters. The first kappa shape index (κ1) is 28.5. The Morgan fingerprint density at radius 2 is 1.66 bits per heavy atom. The SMILES string of the molecule is COc1cc(OC)c(Cl)c(NC(=O)N(C)c2cc(Nc3ccccc3NC(=O)/C=C\[C@H](C)O)ncn2)c1Cl. The van der Waals surface area contributed by atoms with Crippen LogP contribution in [0.2, 0.25) is 10.0 Å². The average Bonchev–Trinajstić information content (AvgIpc) is 2.90. The standard InChI is InChI=1S/C25H26Cl2N6O5/c1-14(34)9-10-21(35)31-16-8-6-5-7-15(16)30-19-12-20(29-13-28-19)33(2)25(36)32-24-22(26)17(37-3)11-18(38-4)23(24)27/h5-14,34H,1-4H3,(H,31,35)(H,32,36)(H,28,29,30)/b10-9-/t14-/m0/s1. The van der Waals surface area contributed by atoms with Crippen LogP contribution in [0.15, 0.2) is 54.9 Å². The van der Waals surface area contributed by atoms with Crippen molar-refractivity contribution in [2.75, 3.05) is 42.1 Å². The van der Waals surface area contributed by atoms with Gasteiger partial charge in [-0.15, -0.1) is 0 Å². The monoisotopic (exact) mass is 560 g/mol. The van der Waals surface area contributed by atoms with Crippen molar-refractivity contribution in [1.29, 1.82) is 0 Å². The predicted octanol–water partition coefficient (Wildman–Crippen LogP) is 5.09. The highest BCUT2D eigenvalue weighted by atomic mass is 35.5. The summed E-state index contributed by atoms with van der Waals surface area (Å²) in [7, 11) is 4.36. The summed E-state index contributed by atoms with van der Waals surface area (Å²) in [6.45, 7) is 1.54. The summed E-state index contributed by atoms with van der Waals surface area (Å²) in [5.41, 5.74) is 1.14. The highest BCUT2D eigenvalue weighted by Gasteiger charge is 2.22. The van der Waals surface area contributed by atoms with Crippen LogP contribution >= 0.6 is 23.2 Å². The molecule has 0 saturated heterocycles. The molecule has 0 aliphatic rings. The molecule has 1 atom stereocenters. The van der Waals surface area contributed by atoms with Gasteiger partial charge in [-0.25, -0.2) is 14.8 Å². The van der Waals surface area contributed by atoms with Crippen molar-refractivity contribution in [3.63, 3.8) is 0 Å². The Balaban J connectivity index is 1.80. The van der Waals surface area contributed by atoms with Crippen LogP contribution in [-0.2, 0) is 4.79 Å². The van der Waals surface area contributed by atoms with Crippen LogP contribution in [0.4, 0.5) is 33.5 Å². The number of carbonyl (C=O) groups is 2. The molecule has 3 aromatic rings. The van der Waals surface area contributed by atoms with E-state index in [1.165, 1.54) is 50.7 Å². The van der Waals surface area contributed by atoms with Gasteiger partial charge in [0.1, 0.15) is 39.5 Å². The Morgan fingerprint density at radius 1 is 1.03 bits per heavy atom. The van der Waals surface area contributed by atoms with Crippen LogP contribution < -0.4 is 30.3 Å². The van der Waals surface area contributed by atoms with Gasteiger partial charge in [-0.1, -0.05) is 41.4 Å². The molecule has 0 saturated carbocycles. The molecular weight excluding hydrogens is 535 g/mol. The summed E-state index contributed by atoms with van der Waals surface area (Å²) < 4.78 is 10.5. The number of ether oxygens (including phenoxy) is 2. The Hall–Kier alpha value is -4.06. The number of nitrogens with zero attached hydrogens (tertiary/aromatic N) is 3. The van der Waals surface area contributed by atoms with Crippen LogP contribution in [0.1, 0.15) is 6.92 Å². The van der Waals surface area contributed by atoms with Gasteiger partial charge in [0.2, 0.25) is 5.91 Å². The van der Waals surface area contributed by atoms with Gasteiger partial charge >= 0.3 is 6.03 Å². The molecule has 3 amide bonds. The maximum atomic E-state index is 13.0. The summed E-state index contributed by atoms with van der Waals surface area (Å²) in [6, 6.07) is 9.44. The molecule has 200 valence electrons. The van der Waals surface area contributed by atoms with Gasteiger partial charge < -0.3 is 30.5 Å². The molecule has 11 nitrogen and oxygen atoms in total. The van der Waals surface area contributed by atoms with Gasteiger partial charge in [0, 0.05) is 25.3 Å². The summed E-state index contributed by atoms with van der Waals surface area (Å²) >= 11 is 12.7. The second-order valence-corrected chi connectivity index (χ2v) is 8.55. The quantitative estimate of drug-likeness (QED) is 0.265. The summed E-state index contributed by atoms with van der Waals surface area (Å²) in [5, 5.41) is 18.0. The van der Waals surface area contributed by atoms with E-state index >= 15 is 0 Å². The summed E-state index contributed by atoms with van der Waals surface area (Å²) in [5.74, 6) is 0.739. The number of benzene rings is 2. The van der Waals surface area contributed by atoms with Gasteiger partial charge in [-0.2, -0.15) is 0 Å². The maximum absolute atomic E-state index is 13.0. The van der Waals surface area contributed by atoms with Crippen LogP contribution in [0.5, 0.6) is 11.5 Å². The van der Waals surface area contributed by atoms with Gasteiger partial charge in [0.05, 0.1) is 37.4 Å². The summed E-state index contributed by atoms with van der Waals surface area (Å²) in [6.07, 6.45) is 3.14. The number of rotatable bonds is 9. The Morgan fingerprint density at radius 3 is 2.26 bits per heavy atom. The minimum absolute atomic E-state index is 0.104. The fourth-order valence-electron chi connectivity index (χ4n) is 3.13. The minimum atomic E-state index is -0.749. The lowest BCUT2D eigenvalue weighted by atomic mass is 10.2. The zero-order valence-corrected chi connectivity index (χ0v) is 22.5. The molecule has 0 bridgehead atoms. The molecule has 2 aromatic carbocycles. The predicted molar refractivity (Wildman–Crippen MR) is 148 cm³/mol. The van der Waals surface area contributed by atoms with Crippen molar-refractivity contribution in [2.24, 2.45) is 0 Å². The first-order valence-corrected chi connectivity index (χ1v) is 11.9. The number of aliphatic hydroxyl groups is 1. The van der Waals surface area contributed by atoms with Crippen LogP contribution in [0.3, 0.4) is 0 Å². The molecule has 0 radical (unpaired) electrons. The van der Waals surface area contributed by atoms with Crippen LogP contribution in [-0.4, -0.2) is 54.4 Å². The van der Waals surface area contributed by atoms with E-state index in [1.807, 2.05) is 0 Å². The van der Waals surface area contributed by atoms with Crippen LogP contribution in [0.25, 0.3) is 0 Å². The number of nitrogens with one attached hydrogen (secondary N) is 3. The molecule has 1 aromatic heterocycles. The molecule has 3 rings (SSSR count). The van der Waals surface area contributed by atoms with E-state index in [0.717, 1.165) is 0 Å². The fraction of sp³-hybridized carbons (Fsp3) is 0.200. The minimum Gasteiger partial charge on any atom is -0.495 e. The van der Waals surface area contributed by atoms with Crippen LogP contribution in [0, 0.1) is 0 Å². The van der Waals surface area contributed by atoms with E-state index in [2.05, 4.69) is 25.9 Å². The number of urea groups is 1. The lowest BCUT2D eigenvalue weighted by Gasteiger charge is -2.20. The van der Waals surface area contributed by atoms with Gasteiger partial charge in [0.15, 0.2) is 0 Å². The molecular formula is C25H26Cl2N6O5. The largest absolute Gasteiger partial charge is 0.495 e. The Bertz CT molecular complexity index is 1320. The number of hydrogen-bond acceptors (Lipinski definition) is 8. The Labute approximate surface area is 229 Å². The number of para-hydroxylation sites is 2. The van der Waals surface area contributed by atoms with Crippen molar-refractivity contribution in [2.45, 2.75) is 13.0 Å². The zero-order chi connectivity index (χ0) is 27.8. The molecule has 13 heteroatoms. The molecule has 0 fully saturated rings. The highest BCUT2D eigenvalue weighted by molar-refractivity contribution is 6.41. The van der Waals surface area contributed by atoms with Crippen molar-refractivity contribution in [3.8, 4) is 11.5 Å². The number of methoxy groups -OCH3 is 2. The normalized spacial score (nSPS) is 11.6. The van der Waals surface area contributed by atoms with E-state index in [4.69, 9.17) is 32.7 Å². The molecule has 4 N–H and O–H groups in total. The van der Waals surface area contributed by atoms with E-state index in [1.54, 1.807) is 37.3 Å². The molecule has 0 aliphatic carbocycles. The van der Waals surface area contributed by atoms with Crippen molar-refractivity contribution in [3.05, 3.63) is 64.9 Å². The van der Waals surface area contributed by atoms with Gasteiger partial charge in [0.25, 0.3) is 0 Å². The Kier molecular flexibility index (Phi) is 9.72. The zero-order valence-electron chi connectivity index (χ0n) is 21.0. The maximum Gasteiger partial charge on any atom is 0.327 e. The number of anilines is 5. The smallest absolute Gasteiger partial charge is 0.327 e. The number of aliphatic hydroxyl groups excluding tert-OH is 1. The fourth-order valence-corrected chi connectivity index (χ4v) is 3.72. The third-order valence-corrected chi connectivity index (χ3v) is 5.83. The number of carbonyl (C=O) groups excluding carboxylic acids is 2. The lowest BCUT2D eigenvalue weighted by molar-refractivity contribution is -0.112. The first-order valence-electron chi connectivity index (χ1n) is 11.1. The van der Waals surface area contributed by atoms with E-state index < -0.39 is 18.0 Å². The van der Waals surface area contributed by atoms with Gasteiger partial charge in [-0.05, 0) is 19.1 Å². The summed E-state index contributed by atoms with van der Waals surface area (Å²) in [4.78, 5) is 34.8. The van der Waals surface area contributed by atoms with E-state index in [0.29, 0.717) is 17.2 Å². The highest BCUT2D eigenvalue weighted by Crippen LogP contribution is 2.44. The van der Waals surface area contributed by atoms with E-state index in [-0.39, 0.29) is 33.0 Å². The lowest BCUT2D eigenvalue weighted by Crippen LogP contribution is -2.32. The third kappa shape index (κ3) is 7.03. The van der Waals surface area contributed by atoms with Crippen molar-refractivity contribution < 1.29 is 24.2 Å². The molecule has 0 aliphatic heterocycles. The molecule has 38 heavy (non-hydrogen) atoms. The van der Waals surface area contributed by atoms with Gasteiger partial charge in [-0.3, -0.25) is 9.69 Å². The van der Waals surface area contributed by atoms with Crippen molar-refractivity contribution >= 4 is 63.8 Å². The number of amides is 3. The van der Waals surface area contributed by atoms with Crippen molar-refractivity contribution in [1.82, 2.24) is 9.97 Å². The average molecular weight is 561 g/mol. The molecule has 0 spiro atoms. The first-order chi connectivity index (χ1) is 18.1. The number of aromatic nitrogens is 2. The third-order valence-electron chi connectivity index (χ3n) is 5.08. The van der Waals surface area contributed by atoms with E-state index in [9.17, 15) is 14.7 Å². The number of hydrogen-bond donors (Lipinski definition) is 4. The second-order valence-electron chi connectivity index (χ2n) is 7.79. The molecule has 1 heterocycles. The number of halogens is 2. The topological polar surface area (TPSA) is 138 Å².